The van der Waals surface area contributed by atoms with Gasteiger partial charge in [-0.05, 0) is 31.4 Å². The number of hydrogen-bond donors (Lipinski definition) is 0. The molecule has 3 nitrogen and oxygen atoms in total. The minimum atomic E-state index is 0.706. The van der Waals surface area contributed by atoms with E-state index in [4.69, 9.17) is 5.26 Å². The van der Waals surface area contributed by atoms with Crippen LogP contribution < -0.4 is 4.90 Å². The molecule has 1 unspecified atom stereocenters. The van der Waals surface area contributed by atoms with Gasteiger partial charge in [0.05, 0.1) is 11.6 Å². The van der Waals surface area contributed by atoms with Crippen LogP contribution in [0.2, 0.25) is 0 Å². The van der Waals surface area contributed by atoms with Crippen LogP contribution in [0.4, 0.5) is 5.82 Å². The third kappa shape index (κ3) is 2.10. The Bertz CT molecular complexity index is 406. The smallest absolute Gasteiger partial charge is 0.130 e. The summed E-state index contributed by atoms with van der Waals surface area (Å²) in [5.41, 5.74) is 1.63. The van der Waals surface area contributed by atoms with E-state index in [-0.39, 0.29) is 0 Å². The minimum Gasteiger partial charge on any atom is -0.356 e. The van der Waals surface area contributed by atoms with Gasteiger partial charge in [-0.2, -0.15) is 5.26 Å². The van der Waals surface area contributed by atoms with Crippen molar-refractivity contribution in [3.05, 3.63) is 23.4 Å². The Labute approximate surface area is 90.4 Å². The highest BCUT2D eigenvalue weighted by Crippen LogP contribution is 2.22. The first-order valence-corrected chi connectivity index (χ1v) is 5.33. The zero-order valence-electron chi connectivity index (χ0n) is 9.20. The molecular formula is C12H15N3. The monoisotopic (exact) mass is 201 g/mol. The van der Waals surface area contributed by atoms with Gasteiger partial charge < -0.3 is 4.90 Å². The molecule has 0 radical (unpaired) electrons. The van der Waals surface area contributed by atoms with Gasteiger partial charge in [0, 0.05) is 18.8 Å². The molecule has 1 aromatic heterocycles. The van der Waals surface area contributed by atoms with E-state index in [1.165, 1.54) is 6.42 Å². The molecule has 1 saturated heterocycles. The number of anilines is 1. The van der Waals surface area contributed by atoms with Crippen molar-refractivity contribution in [3.8, 4) is 6.07 Å². The number of aromatic nitrogens is 1. The zero-order valence-corrected chi connectivity index (χ0v) is 9.20. The highest BCUT2D eigenvalue weighted by Gasteiger charge is 2.20. The molecule has 3 heteroatoms. The highest BCUT2D eigenvalue weighted by molar-refractivity contribution is 5.47. The summed E-state index contributed by atoms with van der Waals surface area (Å²) in [6, 6.07) is 5.88. The maximum atomic E-state index is 8.88. The molecule has 2 rings (SSSR count). The van der Waals surface area contributed by atoms with Gasteiger partial charge in [0.2, 0.25) is 0 Å². The molecule has 1 aromatic rings. The number of nitriles is 1. The molecular weight excluding hydrogens is 186 g/mol. The van der Waals surface area contributed by atoms with Crippen LogP contribution in [0.1, 0.15) is 24.6 Å². The zero-order chi connectivity index (χ0) is 10.8. The standard InChI is InChI=1S/C12H15N3/c1-9-3-4-15(8-9)12-6-11(7-13)5-10(2)14-12/h5-6,9H,3-4,8H2,1-2H3. The first-order valence-electron chi connectivity index (χ1n) is 5.33. The molecule has 78 valence electrons. The van der Waals surface area contributed by atoms with Crippen molar-refractivity contribution in [2.75, 3.05) is 18.0 Å². The quantitative estimate of drug-likeness (QED) is 0.698. The average molecular weight is 201 g/mol. The fourth-order valence-corrected chi connectivity index (χ4v) is 2.02. The lowest BCUT2D eigenvalue weighted by molar-refractivity contribution is 0.659. The lowest BCUT2D eigenvalue weighted by atomic mass is 10.2. The molecule has 0 amide bonds. The van der Waals surface area contributed by atoms with E-state index in [0.29, 0.717) is 5.56 Å². The fraction of sp³-hybridized carbons (Fsp3) is 0.500. The van der Waals surface area contributed by atoms with Crippen molar-refractivity contribution in [1.82, 2.24) is 4.98 Å². The Morgan fingerprint density at radius 3 is 2.93 bits per heavy atom. The van der Waals surface area contributed by atoms with Gasteiger partial charge in [-0.1, -0.05) is 6.92 Å². The van der Waals surface area contributed by atoms with Gasteiger partial charge in [0.25, 0.3) is 0 Å². The maximum absolute atomic E-state index is 8.88. The second kappa shape index (κ2) is 3.90. The second-order valence-corrected chi connectivity index (χ2v) is 4.31. The van der Waals surface area contributed by atoms with Crippen molar-refractivity contribution < 1.29 is 0 Å². The van der Waals surface area contributed by atoms with E-state index in [1.54, 1.807) is 0 Å². The molecule has 0 spiro atoms. The molecule has 1 atom stereocenters. The Hall–Kier alpha value is -1.56. The predicted molar refractivity (Wildman–Crippen MR) is 59.7 cm³/mol. The molecule has 15 heavy (non-hydrogen) atoms. The van der Waals surface area contributed by atoms with Crippen molar-refractivity contribution >= 4 is 5.82 Å². The van der Waals surface area contributed by atoms with Crippen LogP contribution in [0.15, 0.2) is 12.1 Å². The van der Waals surface area contributed by atoms with E-state index in [2.05, 4.69) is 22.9 Å². The largest absolute Gasteiger partial charge is 0.356 e. The number of rotatable bonds is 1. The summed E-state index contributed by atoms with van der Waals surface area (Å²) in [4.78, 5) is 6.74. The first kappa shape index (κ1) is 9.97. The summed E-state index contributed by atoms with van der Waals surface area (Å²) in [7, 11) is 0. The summed E-state index contributed by atoms with van der Waals surface area (Å²) in [5.74, 6) is 1.69. The fourth-order valence-electron chi connectivity index (χ4n) is 2.02. The Morgan fingerprint density at radius 2 is 2.33 bits per heavy atom. The van der Waals surface area contributed by atoms with E-state index in [1.807, 2.05) is 19.1 Å². The number of aryl methyl sites for hydroxylation is 1. The summed E-state index contributed by atoms with van der Waals surface area (Å²) in [6.07, 6.45) is 1.22. The van der Waals surface area contributed by atoms with Gasteiger partial charge >= 0.3 is 0 Å². The maximum Gasteiger partial charge on any atom is 0.130 e. The van der Waals surface area contributed by atoms with Crippen LogP contribution >= 0.6 is 0 Å². The van der Waals surface area contributed by atoms with Gasteiger partial charge in [0.15, 0.2) is 0 Å². The van der Waals surface area contributed by atoms with Crippen molar-refractivity contribution in [3.63, 3.8) is 0 Å². The van der Waals surface area contributed by atoms with Gasteiger partial charge in [-0.15, -0.1) is 0 Å². The van der Waals surface area contributed by atoms with Crippen LogP contribution in [0.3, 0.4) is 0 Å². The van der Waals surface area contributed by atoms with Crippen molar-refractivity contribution in [1.29, 1.82) is 5.26 Å². The molecule has 0 aliphatic carbocycles. The number of hydrogen-bond acceptors (Lipinski definition) is 3. The van der Waals surface area contributed by atoms with E-state index in [0.717, 1.165) is 30.5 Å². The Morgan fingerprint density at radius 1 is 1.53 bits per heavy atom. The summed E-state index contributed by atoms with van der Waals surface area (Å²) in [6.45, 7) is 6.30. The molecule has 0 aromatic carbocycles. The van der Waals surface area contributed by atoms with Crippen molar-refractivity contribution in [2.45, 2.75) is 20.3 Å². The third-order valence-electron chi connectivity index (χ3n) is 2.82. The lowest BCUT2D eigenvalue weighted by Crippen LogP contribution is -2.20. The summed E-state index contributed by atoms with van der Waals surface area (Å²) in [5, 5.41) is 8.88. The van der Waals surface area contributed by atoms with Crippen LogP contribution in [-0.2, 0) is 0 Å². The predicted octanol–water partition coefficient (Wildman–Crippen LogP) is 2.11. The lowest BCUT2D eigenvalue weighted by Gasteiger charge is -2.17. The topological polar surface area (TPSA) is 39.9 Å². The summed E-state index contributed by atoms with van der Waals surface area (Å²) >= 11 is 0. The van der Waals surface area contributed by atoms with Crippen LogP contribution in [0.25, 0.3) is 0 Å². The summed E-state index contributed by atoms with van der Waals surface area (Å²) < 4.78 is 0. The van der Waals surface area contributed by atoms with Gasteiger partial charge in [0.1, 0.15) is 5.82 Å². The Kier molecular flexibility index (Phi) is 2.59. The highest BCUT2D eigenvalue weighted by atomic mass is 15.2. The molecule has 1 aliphatic heterocycles. The molecule has 2 heterocycles. The third-order valence-corrected chi connectivity index (χ3v) is 2.82. The van der Waals surface area contributed by atoms with Gasteiger partial charge in [-0.3, -0.25) is 0 Å². The molecule has 1 fully saturated rings. The average Bonchev–Trinajstić information content (AvgIpc) is 2.64. The van der Waals surface area contributed by atoms with E-state index >= 15 is 0 Å². The minimum absolute atomic E-state index is 0.706. The molecule has 0 saturated carbocycles. The van der Waals surface area contributed by atoms with Gasteiger partial charge in [-0.25, -0.2) is 4.98 Å². The van der Waals surface area contributed by atoms with Crippen LogP contribution in [-0.4, -0.2) is 18.1 Å². The number of nitrogens with zero attached hydrogens (tertiary/aromatic N) is 3. The second-order valence-electron chi connectivity index (χ2n) is 4.31. The van der Waals surface area contributed by atoms with E-state index < -0.39 is 0 Å². The molecule has 1 aliphatic rings. The first-order chi connectivity index (χ1) is 7.19. The SMILES string of the molecule is Cc1cc(C#N)cc(N2CCC(C)C2)n1. The molecule has 0 bridgehead atoms. The Balaban J connectivity index is 2.29. The van der Waals surface area contributed by atoms with E-state index in [9.17, 15) is 0 Å². The van der Waals surface area contributed by atoms with Crippen LogP contribution in [0.5, 0.6) is 0 Å². The normalized spacial score (nSPS) is 20.3. The number of pyridine rings is 1. The molecule has 0 N–H and O–H groups in total. The van der Waals surface area contributed by atoms with Crippen LogP contribution in [0, 0.1) is 24.2 Å². The van der Waals surface area contributed by atoms with Crippen molar-refractivity contribution in [2.24, 2.45) is 5.92 Å².